The van der Waals surface area contributed by atoms with Crippen molar-refractivity contribution in [2.75, 3.05) is 12.3 Å². The Kier molecular flexibility index (Phi) is 4.35. The number of rotatable bonds is 4. The lowest BCUT2D eigenvalue weighted by Crippen LogP contribution is -1.92. The predicted molar refractivity (Wildman–Crippen MR) is 60.0 cm³/mol. The Morgan fingerprint density at radius 3 is 2.93 bits per heavy atom. The molecule has 3 N–H and O–H groups in total. The van der Waals surface area contributed by atoms with Gasteiger partial charge in [0.25, 0.3) is 0 Å². The first-order valence-electron chi connectivity index (χ1n) is 4.62. The topological polar surface area (TPSA) is 63.3 Å². The average molecular weight is 203 g/mol. The summed E-state index contributed by atoms with van der Waals surface area (Å²) in [7, 11) is 0. The molecule has 1 aromatic rings. The Bertz CT molecular complexity index is 404. The van der Waals surface area contributed by atoms with Crippen molar-refractivity contribution in [1.82, 2.24) is 0 Å². The monoisotopic (exact) mass is 203 g/mol. The van der Waals surface area contributed by atoms with E-state index < -0.39 is 0 Å². The summed E-state index contributed by atoms with van der Waals surface area (Å²) in [6, 6.07) is 7.32. The van der Waals surface area contributed by atoms with Crippen LogP contribution in [0.4, 0.5) is 5.69 Å². The molecule has 0 spiro atoms. The van der Waals surface area contributed by atoms with Crippen molar-refractivity contribution < 1.29 is 9.90 Å². The summed E-state index contributed by atoms with van der Waals surface area (Å²) >= 11 is 0. The zero-order valence-electron chi connectivity index (χ0n) is 8.31. The fourth-order valence-electron chi connectivity index (χ4n) is 1.25. The summed E-state index contributed by atoms with van der Waals surface area (Å²) in [6.07, 6.45) is 3.55. The van der Waals surface area contributed by atoms with Gasteiger partial charge in [-0.1, -0.05) is 18.2 Å². The molecule has 3 heteroatoms. The van der Waals surface area contributed by atoms with E-state index in [0.29, 0.717) is 17.7 Å². The van der Waals surface area contributed by atoms with Gasteiger partial charge in [-0.15, -0.1) is 0 Å². The van der Waals surface area contributed by atoms with Crippen molar-refractivity contribution in [2.24, 2.45) is 0 Å². The maximum Gasteiger partial charge on any atom is 0.128 e. The largest absolute Gasteiger partial charge is 0.399 e. The van der Waals surface area contributed by atoms with Gasteiger partial charge >= 0.3 is 0 Å². The highest BCUT2D eigenvalue weighted by Gasteiger charge is 1.97. The standard InChI is InChI=1S/C12H13NO2/c13-12-5-1-3-10(8-12)7-11(9-15)4-2-6-14/h1-5,8,14H,6-7,13H2. The van der Waals surface area contributed by atoms with E-state index >= 15 is 0 Å². The highest BCUT2D eigenvalue weighted by Crippen LogP contribution is 2.10. The fourth-order valence-corrected chi connectivity index (χ4v) is 1.25. The normalized spacial score (nSPS) is 10.2. The minimum Gasteiger partial charge on any atom is -0.399 e. The van der Waals surface area contributed by atoms with Crippen molar-refractivity contribution in [1.29, 1.82) is 0 Å². The van der Waals surface area contributed by atoms with Crippen LogP contribution in [-0.2, 0) is 11.2 Å². The van der Waals surface area contributed by atoms with Crippen LogP contribution in [0, 0.1) is 0 Å². The fraction of sp³-hybridized carbons (Fsp3) is 0.167. The van der Waals surface area contributed by atoms with E-state index in [1.165, 1.54) is 6.08 Å². The zero-order valence-corrected chi connectivity index (χ0v) is 8.31. The summed E-state index contributed by atoms with van der Waals surface area (Å²) in [6.45, 7) is -0.0812. The maximum atomic E-state index is 10.6. The summed E-state index contributed by atoms with van der Waals surface area (Å²) in [5, 5.41) is 8.57. The van der Waals surface area contributed by atoms with Crippen molar-refractivity contribution in [3.8, 4) is 0 Å². The summed E-state index contributed by atoms with van der Waals surface area (Å²) < 4.78 is 0. The van der Waals surface area contributed by atoms with Crippen LogP contribution in [0.25, 0.3) is 0 Å². The molecule has 0 amide bonds. The number of benzene rings is 1. The Balaban J connectivity index is 2.76. The van der Waals surface area contributed by atoms with Crippen LogP contribution >= 0.6 is 0 Å². The molecule has 78 valence electrons. The first-order chi connectivity index (χ1) is 7.26. The first-order valence-corrected chi connectivity index (χ1v) is 4.62. The molecule has 0 aromatic heterocycles. The number of aliphatic hydroxyl groups is 1. The smallest absolute Gasteiger partial charge is 0.128 e. The SMILES string of the molecule is Nc1cccc(CC(=C=O)C=CCO)c1. The van der Waals surface area contributed by atoms with Crippen molar-refractivity contribution in [3.05, 3.63) is 47.6 Å². The first kappa shape index (κ1) is 11.2. The molecule has 0 unspecified atom stereocenters. The molecule has 0 saturated heterocycles. The Hall–Kier alpha value is -1.83. The van der Waals surface area contributed by atoms with Crippen LogP contribution in [0.2, 0.25) is 0 Å². The molecular formula is C12H13NO2. The highest BCUT2D eigenvalue weighted by molar-refractivity contribution is 5.59. The lowest BCUT2D eigenvalue weighted by molar-refractivity contribution is 0.342. The number of carbonyl (C=O) groups excluding carboxylic acids is 1. The number of nitrogens with two attached hydrogens (primary N) is 1. The van der Waals surface area contributed by atoms with Gasteiger partial charge in [0.2, 0.25) is 0 Å². The van der Waals surface area contributed by atoms with E-state index in [2.05, 4.69) is 0 Å². The Morgan fingerprint density at radius 1 is 1.53 bits per heavy atom. The third-order valence-corrected chi connectivity index (χ3v) is 1.90. The number of hydrogen-bond donors (Lipinski definition) is 2. The van der Waals surface area contributed by atoms with Gasteiger partial charge in [-0.05, 0) is 23.8 Å². The molecule has 0 aliphatic rings. The third kappa shape index (κ3) is 3.81. The van der Waals surface area contributed by atoms with E-state index in [4.69, 9.17) is 10.8 Å². The second-order valence-corrected chi connectivity index (χ2v) is 3.13. The molecule has 0 atom stereocenters. The van der Waals surface area contributed by atoms with Gasteiger partial charge in [-0.2, -0.15) is 0 Å². The molecule has 0 radical (unpaired) electrons. The highest BCUT2D eigenvalue weighted by atomic mass is 16.2. The van der Waals surface area contributed by atoms with Gasteiger partial charge in [0.15, 0.2) is 0 Å². The van der Waals surface area contributed by atoms with Crippen molar-refractivity contribution in [3.63, 3.8) is 0 Å². The number of aliphatic hydroxyl groups excluding tert-OH is 1. The summed E-state index contributed by atoms with van der Waals surface area (Å²) in [4.78, 5) is 10.6. The number of nitrogen functional groups attached to an aromatic ring is 1. The van der Waals surface area contributed by atoms with Crippen LogP contribution in [0.15, 0.2) is 42.0 Å². The lowest BCUT2D eigenvalue weighted by atomic mass is 10.1. The molecule has 3 nitrogen and oxygen atoms in total. The van der Waals surface area contributed by atoms with Gasteiger partial charge in [0.1, 0.15) is 5.94 Å². The zero-order chi connectivity index (χ0) is 11.1. The van der Waals surface area contributed by atoms with Gasteiger partial charge in [-0.25, -0.2) is 4.79 Å². The van der Waals surface area contributed by atoms with Crippen LogP contribution in [0.3, 0.4) is 0 Å². The van der Waals surface area contributed by atoms with E-state index in [1.807, 2.05) is 24.1 Å². The van der Waals surface area contributed by atoms with E-state index in [0.717, 1.165) is 5.56 Å². The minimum atomic E-state index is -0.0812. The van der Waals surface area contributed by atoms with Gasteiger partial charge in [0.05, 0.1) is 6.61 Å². The Labute approximate surface area is 88.5 Å². The second kappa shape index (κ2) is 5.81. The second-order valence-electron chi connectivity index (χ2n) is 3.13. The number of hydrogen-bond acceptors (Lipinski definition) is 3. The summed E-state index contributed by atoms with van der Waals surface area (Å²) in [5.41, 5.74) is 7.73. The minimum absolute atomic E-state index is 0.0812. The molecule has 0 aliphatic heterocycles. The van der Waals surface area contributed by atoms with Gasteiger partial charge in [-0.3, -0.25) is 0 Å². The van der Waals surface area contributed by atoms with E-state index in [1.54, 1.807) is 12.1 Å². The molecule has 0 aliphatic carbocycles. The van der Waals surface area contributed by atoms with Crippen LogP contribution in [0.1, 0.15) is 5.56 Å². The molecule has 0 heterocycles. The molecule has 0 fully saturated rings. The van der Waals surface area contributed by atoms with Crippen LogP contribution in [-0.4, -0.2) is 17.7 Å². The quantitative estimate of drug-likeness (QED) is 0.438. The molecular weight excluding hydrogens is 190 g/mol. The maximum absolute atomic E-state index is 10.6. The predicted octanol–water partition coefficient (Wildman–Crippen LogP) is 1.12. The van der Waals surface area contributed by atoms with Crippen LogP contribution in [0.5, 0.6) is 0 Å². The average Bonchev–Trinajstić information content (AvgIpc) is 2.24. The molecule has 15 heavy (non-hydrogen) atoms. The van der Waals surface area contributed by atoms with E-state index in [9.17, 15) is 4.79 Å². The molecule has 0 saturated carbocycles. The molecule has 0 bridgehead atoms. The number of anilines is 1. The summed E-state index contributed by atoms with van der Waals surface area (Å²) in [5.74, 6) is 1.83. The molecule has 1 rings (SSSR count). The van der Waals surface area contributed by atoms with Crippen molar-refractivity contribution in [2.45, 2.75) is 6.42 Å². The van der Waals surface area contributed by atoms with E-state index in [-0.39, 0.29) is 6.61 Å². The Morgan fingerprint density at radius 2 is 2.33 bits per heavy atom. The van der Waals surface area contributed by atoms with Gasteiger partial charge in [0, 0.05) is 17.7 Å². The third-order valence-electron chi connectivity index (χ3n) is 1.90. The lowest BCUT2D eigenvalue weighted by Gasteiger charge is -2.00. The van der Waals surface area contributed by atoms with Gasteiger partial charge < -0.3 is 10.8 Å². The number of allylic oxidation sites excluding steroid dienone is 2. The van der Waals surface area contributed by atoms with Crippen molar-refractivity contribution >= 4 is 11.6 Å². The van der Waals surface area contributed by atoms with Crippen LogP contribution < -0.4 is 5.73 Å². The molecule has 1 aromatic carbocycles.